The number of aromatic carboxylic acids is 1. The number of carbonyl (C=O) groups is 1. The van der Waals surface area contributed by atoms with Gasteiger partial charge in [-0.3, -0.25) is 0 Å². The Bertz CT molecular complexity index is 1440. The van der Waals surface area contributed by atoms with Gasteiger partial charge in [0.2, 0.25) is 0 Å². The summed E-state index contributed by atoms with van der Waals surface area (Å²) in [5, 5.41) is 11.5. The van der Waals surface area contributed by atoms with Crippen LogP contribution in [0.25, 0.3) is 23.1 Å². The molecule has 0 aliphatic heterocycles. The number of pyridine rings is 1. The van der Waals surface area contributed by atoms with E-state index in [-0.39, 0.29) is 28.0 Å². The molecule has 36 heavy (non-hydrogen) atoms. The van der Waals surface area contributed by atoms with Crippen molar-refractivity contribution in [3.05, 3.63) is 104 Å². The Morgan fingerprint density at radius 3 is 2.58 bits per heavy atom. The smallest absolute Gasteiger partial charge is 0.339 e. The van der Waals surface area contributed by atoms with Crippen molar-refractivity contribution in [2.24, 2.45) is 0 Å². The number of nitrogens with zero attached hydrogens (tertiary/aromatic N) is 1. The molecule has 1 heterocycles. The standard InChI is InChI=1S/C28H22Cl3NO4/c1-2-35-26(16-36-27-23(28(33)34)13-21(30)14-24(27)31)19-5-3-4-17(12-19)6-10-22-11-8-18-7-9-20(29)15-25(18)32-22/h3-15,26H,2,16H2,1H3,(H,33,34)/b10-6+. The minimum Gasteiger partial charge on any atom is -0.488 e. The molecule has 0 saturated heterocycles. The molecule has 1 aromatic heterocycles. The van der Waals surface area contributed by atoms with Gasteiger partial charge in [0.15, 0.2) is 5.75 Å². The number of carboxylic acids is 1. The van der Waals surface area contributed by atoms with E-state index in [9.17, 15) is 9.90 Å². The van der Waals surface area contributed by atoms with E-state index in [2.05, 4.69) is 4.98 Å². The van der Waals surface area contributed by atoms with Gasteiger partial charge in [0.05, 0.1) is 16.2 Å². The molecule has 4 rings (SSSR count). The third kappa shape index (κ3) is 6.37. The van der Waals surface area contributed by atoms with Crippen molar-refractivity contribution in [3.63, 3.8) is 0 Å². The van der Waals surface area contributed by atoms with Crippen LogP contribution in [0.3, 0.4) is 0 Å². The Hall–Kier alpha value is -3.09. The lowest BCUT2D eigenvalue weighted by atomic mass is 10.1. The molecule has 184 valence electrons. The molecule has 4 aromatic rings. The van der Waals surface area contributed by atoms with Crippen molar-refractivity contribution in [2.45, 2.75) is 13.0 Å². The molecule has 8 heteroatoms. The predicted octanol–water partition coefficient (Wildman–Crippen LogP) is 8.22. The topological polar surface area (TPSA) is 68.7 Å². The molecule has 0 aliphatic carbocycles. The molecule has 0 spiro atoms. The summed E-state index contributed by atoms with van der Waals surface area (Å²) in [6.07, 6.45) is 3.45. The Kier molecular flexibility index (Phi) is 8.49. The van der Waals surface area contributed by atoms with Crippen LogP contribution in [0.15, 0.2) is 66.7 Å². The highest BCUT2D eigenvalue weighted by atomic mass is 35.5. The zero-order chi connectivity index (χ0) is 25.7. The van der Waals surface area contributed by atoms with Crippen LogP contribution in [-0.2, 0) is 4.74 Å². The summed E-state index contributed by atoms with van der Waals surface area (Å²) in [5.74, 6) is -1.13. The van der Waals surface area contributed by atoms with Crippen LogP contribution < -0.4 is 4.74 Å². The Balaban J connectivity index is 1.54. The van der Waals surface area contributed by atoms with Crippen LogP contribution in [0.1, 0.15) is 40.2 Å². The maximum atomic E-state index is 11.6. The molecule has 1 unspecified atom stereocenters. The second kappa shape index (κ2) is 11.8. The predicted molar refractivity (Wildman–Crippen MR) is 145 cm³/mol. The first kappa shape index (κ1) is 26.0. The van der Waals surface area contributed by atoms with Gasteiger partial charge in [-0.2, -0.15) is 0 Å². The molecular formula is C28H22Cl3NO4. The highest BCUT2D eigenvalue weighted by molar-refractivity contribution is 6.36. The van der Waals surface area contributed by atoms with E-state index in [0.717, 1.165) is 27.7 Å². The molecule has 3 aromatic carbocycles. The van der Waals surface area contributed by atoms with Crippen LogP contribution in [-0.4, -0.2) is 29.3 Å². The van der Waals surface area contributed by atoms with Crippen molar-refractivity contribution < 1.29 is 19.4 Å². The normalized spacial score (nSPS) is 12.2. The van der Waals surface area contributed by atoms with Gasteiger partial charge in [0, 0.05) is 22.0 Å². The number of halogens is 3. The van der Waals surface area contributed by atoms with Crippen molar-refractivity contribution in [1.82, 2.24) is 4.98 Å². The number of aromatic nitrogens is 1. The maximum absolute atomic E-state index is 11.6. The number of carboxylic acid groups (broad SMARTS) is 1. The first-order valence-electron chi connectivity index (χ1n) is 11.1. The van der Waals surface area contributed by atoms with Crippen molar-refractivity contribution in [1.29, 1.82) is 0 Å². The van der Waals surface area contributed by atoms with E-state index >= 15 is 0 Å². The van der Waals surface area contributed by atoms with Crippen LogP contribution >= 0.6 is 34.8 Å². The summed E-state index contributed by atoms with van der Waals surface area (Å²) in [6.45, 7) is 2.39. The minimum atomic E-state index is -1.18. The van der Waals surface area contributed by atoms with Gasteiger partial charge in [0.25, 0.3) is 0 Å². The van der Waals surface area contributed by atoms with Crippen molar-refractivity contribution in [3.8, 4) is 5.75 Å². The summed E-state index contributed by atoms with van der Waals surface area (Å²) in [6, 6.07) is 20.1. The monoisotopic (exact) mass is 541 g/mol. The lowest BCUT2D eigenvalue weighted by Crippen LogP contribution is -2.15. The van der Waals surface area contributed by atoms with Gasteiger partial charge in [-0.25, -0.2) is 9.78 Å². The minimum absolute atomic E-state index is 0.0526. The molecule has 0 fully saturated rings. The summed E-state index contributed by atoms with van der Waals surface area (Å²) in [5.41, 5.74) is 3.34. The number of hydrogen-bond donors (Lipinski definition) is 1. The van der Waals surface area contributed by atoms with Crippen LogP contribution in [0.2, 0.25) is 15.1 Å². The molecule has 0 saturated carbocycles. The second-order valence-electron chi connectivity index (χ2n) is 7.90. The number of rotatable bonds is 9. The third-order valence-electron chi connectivity index (χ3n) is 5.39. The molecule has 0 amide bonds. The van der Waals surface area contributed by atoms with Crippen LogP contribution in [0.4, 0.5) is 0 Å². The van der Waals surface area contributed by atoms with Gasteiger partial charge >= 0.3 is 5.97 Å². The van der Waals surface area contributed by atoms with E-state index in [4.69, 9.17) is 44.3 Å². The van der Waals surface area contributed by atoms with E-state index in [1.807, 2.05) is 73.7 Å². The highest BCUT2D eigenvalue weighted by Crippen LogP contribution is 2.34. The second-order valence-corrected chi connectivity index (χ2v) is 9.18. The summed E-state index contributed by atoms with van der Waals surface area (Å²) >= 11 is 18.3. The quantitative estimate of drug-likeness (QED) is 0.231. The molecular weight excluding hydrogens is 521 g/mol. The average Bonchev–Trinajstić information content (AvgIpc) is 2.85. The number of hydrogen-bond acceptors (Lipinski definition) is 4. The van der Waals surface area contributed by atoms with E-state index in [1.165, 1.54) is 12.1 Å². The molecule has 0 bridgehead atoms. The largest absolute Gasteiger partial charge is 0.488 e. The number of fused-ring (bicyclic) bond motifs is 1. The molecule has 5 nitrogen and oxygen atoms in total. The zero-order valence-corrected chi connectivity index (χ0v) is 21.5. The van der Waals surface area contributed by atoms with Crippen molar-refractivity contribution >= 4 is 63.8 Å². The lowest BCUT2D eigenvalue weighted by Gasteiger charge is -2.20. The average molecular weight is 543 g/mol. The molecule has 1 N–H and O–H groups in total. The maximum Gasteiger partial charge on any atom is 0.339 e. The molecule has 0 radical (unpaired) electrons. The van der Waals surface area contributed by atoms with E-state index in [0.29, 0.717) is 11.6 Å². The first-order valence-corrected chi connectivity index (χ1v) is 12.3. The fourth-order valence-electron chi connectivity index (χ4n) is 3.71. The lowest BCUT2D eigenvalue weighted by molar-refractivity contribution is 0.0260. The molecule has 0 aliphatic rings. The van der Waals surface area contributed by atoms with Gasteiger partial charge in [-0.05, 0) is 60.5 Å². The Morgan fingerprint density at radius 1 is 1.00 bits per heavy atom. The fraction of sp³-hybridized carbons (Fsp3) is 0.143. The number of benzene rings is 3. The highest BCUT2D eigenvalue weighted by Gasteiger charge is 2.20. The van der Waals surface area contributed by atoms with Gasteiger partial charge in [-0.1, -0.05) is 71.2 Å². The summed E-state index contributed by atoms with van der Waals surface area (Å²) in [4.78, 5) is 16.3. The fourth-order valence-corrected chi connectivity index (χ4v) is 4.42. The number of ether oxygens (including phenoxy) is 2. The Labute approximate surface area is 223 Å². The van der Waals surface area contributed by atoms with Crippen molar-refractivity contribution in [2.75, 3.05) is 13.2 Å². The first-order chi connectivity index (χ1) is 17.3. The van der Waals surface area contributed by atoms with Crippen LogP contribution in [0.5, 0.6) is 5.75 Å². The van der Waals surface area contributed by atoms with E-state index < -0.39 is 12.1 Å². The SMILES string of the molecule is CCOC(COc1c(Cl)cc(Cl)cc1C(=O)O)c1cccc(/C=C/c2ccc3ccc(Cl)cc3n2)c1. The zero-order valence-electron chi connectivity index (χ0n) is 19.3. The summed E-state index contributed by atoms with van der Waals surface area (Å²) < 4.78 is 11.7. The van der Waals surface area contributed by atoms with E-state index in [1.54, 1.807) is 0 Å². The van der Waals surface area contributed by atoms with Gasteiger partial charge in [0.1, 0.15) is 18.3 Å². The Morgan fingerprint density at radius 2 is 1.81 bits per heavy atom. The third-order valence-corrected chi connectivity index (χ3v) is 6.12. The molecule has 1 atom stereocenters. The van der Waals surface area contributed by atoms with Gasteiger partial charge in [-0.15, -0.1) is 0 Å². The summed E-state index contributed by atoms with van der Waals surface area (Å²) in [7, 11) is 0. The van der Waals surface area contributed by atoms with Crippen LogP contribution in [0, 0.1) is 0 Å². The van der Waals surface area contributed by atoms with Gasteiger partial charge < -0.3 is 14.6 Å².